The Kier molecular flexibility index (Phi) is 5.57. The Morgan fingerprint density at radius 1 is 1.22 bits per heavy atom. The molecule has 0 aromatic heterocycles. The van der Waals surface area contributed by atoms with Crippen molar-refractivity contribution in [3.8, 4) is 0 Å². The molecular weight excluding hydrogens is 312 g/mol. The van der Waals surface area contributed by atoms with Crippen LogP contribution in [-0.2, 0) is 9.53 Å². The molecule has 0 radical (unpaired) electrons. The lowest BCUT2D eigenvalue weighted by Gasteiger charge is -2.27. The third-order valence-corrected chi connectivity index (χ3v) is 5.26. The molecule has 0 N–H and O–H groups in total. The van der Waals surface area contributed by atoms with Gasteiger partial charge in [-0.25, -0.2) is 0 Å². The number of amides is 1. The van der Waals surface area contributed by atoms with Gasteiger partial charge < -0.3 is 9.64 Å². The van der Waals surface area contributed by atoms with E-state index < -0.39 is 0 Å². The van der Waals surface area contributed by atoms with Crippen LogP contribution in [-0.4, -0.2) is 61.6 Å². The maximum atomic E-state index is 12.5. The normalized spacial score (nSPS) is 25.7. The summed E-state index contributed by atoms with van der Waals surface area (Å²) in [5, 5.41) is 0.762. The number of nitrogens with zero attached hydrogens (tertiary/aromatic N) is 2. The number of hydrogen-bond donors (Lipinski definition) is 0. The van der Waals surface area contributed by atoms with Crippen LogP contribution in [0.1, 0.15) is 24.8 Å². The number of likely N-dealkylation sites (tertiary alicyclic amines) is 1. The van der Waals surface area contributed by atoms with Crippen molar-refractivity contribution in [1.82, 2.24) is 9.80 Å². The van der Waals surface area contributed by atoms with E-state index in [9.17, 15) is 4.79 Å². The van der Waals surface area contributed by atoms with Crippen molar-refractivity contribution in [2.24, 2.45) is 5.92 Å². The molecule has 1 aromatic carbocycles. The number of ether oxygens (including phenoxy) is 1. The summed E-state index contributed by atoms with van der Waals surface area (Å²) in [6, 6.07) is 8.05. The lowest BCUT2D eigenvalue weighted by atomic mass is 9.90. The maximum Gasteiger partial charge on any atom is 0.223 e. The smallest absolute Gasteiger partial charge is 0.223 e. The Balaban J connectivity index is 1.52. The highest BCUT2D eigenvalue weighted by atomic mass is 35.5. The Hall–Kier alpha value is -1.10. The molecule has 4 nitrogen and oxygen atoms in total. The minimum Gasteiger partial charge on any atom is -0.379 e. The molecule has 2 fully saturated rings. The Morgan fingerprint density at radius 2 is 1.91 bits per heavy atom. The second kappa shape index (κ2) is 7.65. The van der Waals surface area contributed by atoms with Crippen LogP contribution in [0.5, 0.6) is 0 Å². The van der Waals surface area contributed by atoms with E-state index in [0.29, 0.717) is 18.3 Å². The van der Waals surface area contributed by atoms with Crippen LogP contribution in [0.3, 0.4) is 0 Å². The van der Waals surface area contributed by atoms with Crippen molar-refractivity contribution in [2.75, 3.05) is 45.9 Å². The second-order valence-corrected chi connectivity index (χ2v) is 7.07. The highest BCUT2D eigenvalue weighted by molar-refractivity contribution is 6.30. The van der Waals surface area contributed by atoms with Gasteiger partial charge in [-0.1, -0.05) is 30.7 Å². The molecule has 2 saturated heterocycles. The van der Waals surface area contributed by atoms with Crippen LogP contribution in [0.15, 0.2) is 24.3 Å². The number of carbonyl (C=O) groups excluding carboxylic acids is 1. The van der Waals surface area contributed by atoms with Gasteiger partial charge in [-0.2, -0.15) is 0 Å². The van der Waals surface area contributed by atoms with Gasteiger partial charge in [0.15, 0.2) is 0 Å². The third-order valence-electron chi connectivity index (χ3n) is 5.01. The van der Waals surface area contributed by atoms with Gasteiger partial charge in [-0.3, -0.25) is 9.69 Å². The zero-order valence-corrected chi connectivity index (χ0v) is 14.5. The average molecular weight is 337 g/mol. The summed E-state index contributed by atoms with van der Waals surface area (Å²) in [6.07, 6.45) is 0.611. The molecule has 2 aliphatic heterocycles. The Morgan fingerprint density at radius 3 is 2.61 bits per heavy atom. The van der Waals surface area contributed by atoms with Crippen molar-refractivity contribution in [2.45, 2.75) is 19.3 Å². The van der Waals surface area contributed by atoms with Gasteiger partial charge in [-0.15, -0.1) is 0 Å². The van der Waals surface area contributed by atoms with Gasteiger partial charge in [0.2, 0.25) is 5.91 Å². The quantitative estimate of drug-likeness (QED) is 0.847. The molecule has 0 bridgehead atoms. The first-order valence-corrected chi connectivity index (χ1v) is 8.84. The van der Waals surface area contributed by atoms with E-state index in [1.54, 1.807) is 0 Å². The van der Waals surface area contributed by atoms with Crippen molar-refractivity contribution >= 4 is 17.5 Å². The highest BCUT2D eigenvalue weighted by Crippen LogP contribution is 2.33. The van der Waals surface area contributed by atoms with Crippen molar-refractivity contribution < 1.29 is 9.53 Å². The molecular formula is C18H25ClN2O2. The monoisotopic (exact) mass is 336 g/mol. The molecule has 0 unspecified atom stereocenters. The number of hydrogen-bond acceptors (Lipinski definition) is 3. The molecule has 0 saturated carbocycles. The average Bonchev–Trinajstić information content (AvgIpc) is 2.96. The molecule has 3 rings (SSSR count). The van der Waals surface area contributed by atoms with Crippen LogP contribution in [0.25, 0.3) is 0 Å². The van der Waals surface area contributed by atoms with Crippen LogP contribution in [0, 0.1) is 5.92 Å². The molecule has 23 heavy (non-hydrogen) atoms. The molecule has 2 aliphatic rings. The second-order valence-electron chi connectivity index (χ2n) is 6.64. The fourth-order valence-corrected chi connectivity index (χ4v) is 3.68. The number of halogens is 1. The van der Waals surface area contributed by atoms with Gasteiger partial charge in [0.05, 0.1) is 13.2 Å². The van der Waals surface area contributed by atoms with E-state index >= 15 is 0 Å². The minimum atomic E-state index is 0.278. The fraction of sp³-hybridized carbons (Fsp3) is 0.611. The molecule has 2 heterocycles. The molecule has 5 heteroatoms. The molecule has 1 aromatic rings. The Labute approximate surface area is 143 Å². The lowest BCUT2D eigenvalue weighted by molar-refractivity contribution is -0.130. The maximum absolute atomic E-state index is 12.5. The van der Waals surface area contributed by atoms with E-state index in [1.807, 2.05) is 17.0 Å². The number of benzene rings is 1. The summed E-state index contributed by atoms with van der Waals surface area (Å²) < 4.78 is 5.35. The predicted molar refractivity (Wildman–Crippen MR) is 91.8 cm³/mol. The largest absolute Gasteiger partial charge is 0.379 e. The van der Waals surface area contributed by atoms with E-state index in [4.69, 9.17) is 16.3 Å². The van der Waals surface area contributed by atoms with Crippen LogP contribution in [0.2, 0.25) is 5.02 Å². The minimum absolute atomic E-state index is 0.278. The first-order chi connectivity index (χ1) is 11.1. The van der Waals surface area contributed by atoms with Gasteiger partial charge in [0.25, 0.3) is 0 Å². The number of morpholine rings is 1. The molecule has 0 spiro atoms. The summed E-state index contributed by atoms with van der Waals surface area (Å²) in [7, 11) is 0. The van der Waals surface area contributed by atoms with E-state index in [1.165, 1.54) is 5.56 Å². The first-order valence-electron chi connectivity index (χ1n) is 8.47. The number of rotatable bonds is 4. The third kappa shape index (κ3) is 4.25. The zero-order chi connectivity index (χ0) is 16.2. The number of carbonyl (C=O) groups is 1. The SMILES string of the molecule is C[C@@H]1CN(C(=O)CCN2CCOCC2)C[C@H]1c1ccc(Cl)cc1. The standard InChI is InChI=1S/C18H25ClN2O2/c1-14-12-21(13-17(14)15-2-4-16(19)5-3-15)18(22)6-7-20-8-10-23-11-9-20/h2-5,14,17H,6-13H2,1H3/t14-,17-/m1/s1. The Bertz CT molecular complexity index is 528. The predicted octanol–water partition coefficient (Wildman–Crippen LogP) is 2.62. The summed E-state index contributed by atoms with van der Waals surface area (Å²) in [5.74, 6) is 1.18. The van der Waals surface area contributed by atoms with Crippen molar-refractivity contribution in [3.05, 3.63) is 34.9 Å². The van der Waals surface area contributed by atoms with Gasteiger partial charge in [0.1, 0.15) is 0 Å². The van der Waals surface area contributed by atoms with Crippen molar-refractivity contribution in [1.29, 1.82) is 0 Å². The molecule has 0 aliphatic carbocycles. The van der Waals surface area contributed by atoms with E-state index in [2.05, 4.69) is 24.0 Å². The van der Waals surface area contributed by atoms with Gasteiger partial charge in [0, 0.05) is 50.1 Å². The fourth-order valence-electron chi connectivity index (χ4n) is 3.55. The van der Waals surface area contributed by atoms with Crippen LogP contribution >= 0.6 is 11.6 Å². The molecule has 2 atom stereocenters. The first kappa shape index (κ1) is 16.7. The lowest BCUT2D eigenvalue weighted by Crippen LogP contribution is -2.39. The zero-order valence-electron chi connectivity index (χ0n) is 13.7. The van der Waals surface area contributed by atoms with Gasteiger partial charge in [-0.05, 0) is 23.6 Å². The summed E-state index contributed by atoms with van der Waals surface area (Å²) in [6.45, 7) is 8.21. The summed E-state index contributed by atoms with van der Waals surface area (Å²) in [4.78, 5) is 16.9. The highest BCUT2D eigenvalue weighted by Gasteiger charge is 2.33. The van der Waals surface area contributed by atoms with Crippen molar-refractivity contribution in [3.63, 3.8) is 0 Å². The van der Waals surface area contributed by atoms with Crippen LogP contribution in [0.4, 0.5) is 0 Å². The van der Waals surface area contributed by atoms with E-state index in [-0.39, 0.29) is 5.91 Å². The summed E-state index contributed by atoms with van der Waals surface area (Å²) >= 11 is 5.97. The molecule has 1 amide bonds. The topological polar surface area (TPSA) is 32.8 Å². The van der Waals surface area contributed by atoms with Crippen LogP contribution < -0.4 is 0 Å². The summed E-state index contributed by atoms with van der Waals surface area (Å²) in [5.41, 5.74) is 1.28. The molecule has 126 valence electrons. The van der Waals surface area contributed by atoms with E-state index in [0.717, 1.165) is 51.0 Å². The van der Waals surface area contributed by atoms with Gasteiger partial charge >= 0.3 is 0 Å².